The predicted molar refractivity (Wildman–Crippen MR) is 90.5 cm³/mol. The zero-order valence-electron chi connectivity index (χ0n) is 12.1. The summed E-state index contributed by atoms with van der Waals surface area (Å²) in [7, 11) is 2.07. The van der Waals surface area contributed by atoms with Crippen molar-refractivity contribution in [2.45, 2.75) is 19.4 Å². The van der Waals surface area contributed by atoms with Crippen LogP contribution in [0, 0.1) is 5.92 Å². The second kappa shape index (κ2) is 5.74. The van der Waals surface area contributed by atoms with E-state index in [1.54, 1.807) is 0 Å². The number of nitrogens with zero attached hydrogens (tertiary/aromatic N) is 1. The second-order valence-electron chi connectivity index (χ2n) is 5.78. The quantitative estimate of drug-likeness (QED) is 0.892. The van der Waals surface area contributed by atoms with Crippen LogP contribution in [0.15, 0.2) is 40.9 Å². The van der Waals surface area contributed by atoms with Gasteiger partial charge in [0.15, 0.2) is 0 Å². The summed E-state index contributed by atoms with van der Waals surface area (Å²) in [6.45, 7) is 4.61. The van der Waals surface area contributed by atoms with Crippen molar-refractivity contribution < 1.29 is 0 Å². The summed E-state index contributed by atoms with van der Waals surface area (Å²) >= 11 is 3.53. The number of rotatable bonds is 2. The van der Waals surface area contributed by atoms with Crippen LogP contribution in [0.3, 0.4) is 0 Å². The summed E-state index contributed by atoms with van der Waals surface area (Å²) in [6.07, 6.45) is 1.22. The molecule has 2 nitrogen and oxygen atoms in total. The normalized spacial score (nSPS) is 23.2. The first-order valence-corrected chi connectivity index (χ1v) is 8.08. The van der Waals surface area contributed by atoms with Gasteiger partial charge in [0.25, 0.3) is 0 Å². The largest absolute Gasteiger partial charge is 0.371 e. The Labute approximate surface area is 129 Å². The van der Waals surface area contributed by atoms with E-state index in [-0.39, 0.29) is 0 Å². The van der Waals surface area contributed by atoms with E-state index in [2.05, 4.69) is 76.5 Å². The van der Waals surface area contributed by atoms with Gasteiger partial charge in [-0.3, -0.25) is 0 Å². The van der Waals surface area contributed by atoms with E-state index in [0.29, 0.717) is 12.0 Å². The summed E-state index contributed by atoms with van der Waals surface area (Å²) in [5.41, 5.74) is 1.35. The molecule has 2 atom stereocenters. The number of nitrogens with one attached hydrogen (secondary N) is 1. The predicted octanol–water partition coefficient (Wildman–Crippen LogP) is 4.04. The average Bonchev–Trinajstić information content (AvgIpc) is 2.46. The third-order valence-corrected chi connectivity index (χ3v) is 4.92. The van der Waals surface area contributed by atoms with Crippen LogP contribution in [0.5, 0.6) is 0 Å². The Kier molecular flexibility index (Phi) is 3.99. The molecule has 1 N–H and O–H groups in total. The average molecular weight is 333 g/mol. The molecule has 2 aromatic rings. The van der Waals surface area contributed by atoms with E-state index < -0.39 is 0 Å². The fourth-order valence-corrected chi connectivity index (χ4v) is 3.59. The molecule has 0 amide bonds. The molecule has 2 unspecified atom stereocenters. The standard InChI is InChI=1S/C17H21BrN2/c1-12-11-20(8-7-17(12)19-2)16-6-4-13-9-15(18)5-3-14(13)10-16/h3-6,9-10,12,17,19H,7-8,11H2,1-2H3. The van der Waals surface area contributed by atoms with E-state index in [0.717, 1.165) is 17.6 Å². The van der Waals surface area contributed by atoms with Gasteiger partial charge < -0.3 is 10.2 Å². The number of benzene rings is 2. The molecule has 106 valence electrons. The van der Waals surface area contributed by atoms with Gasteiger partial charge in [-0.05, 0) is 54.4 Å². The molecule has 1 saturated heterocycles. The maximum atomic E-state index is 3.53. The summed E-state index contributed by atoms with van der Waals surface area (Å²) in [6, 6.07) is 13.9. The van der Waals surface area contributed by atoms with Crippen LogP contribution < -0.4 is 10.2 Å². The highest BCUT2D eigenvalue weighted by Gasteiger charge is 2.24. The third kappa shape index (κ3) is 2.70. The summed E-state index contributed by atoms with van der Waals surface area (Å²) in [5, 5.41) is 6.04. The third-order valence-electron chi connectivity index (χ3n) is 4.43. The van der Waals surface area contributed by atoms with Gasteiger partial charge in [0.05, 0.1) is 0 Å². The minimum atomic E-state index is 0.655. The highest BCUT2D eigenvalue weighted by molar-refractivity contribution is 9.10. The van der Waals surface area contributed by atoms with Gasteiger partial charge in [-0.15, -0.1) is 0 Å². The van der Waals surface area contributed by atoms with Gasteiger partial charge in [-0.25, -0.2) is 0 Å². The second-order valence-corrected chi connectivity index (χ2v) is 6.70. The van der Waals surface area contributed by atoms with Crippen molar-refractivity contribution in [2.75, 3.05) is 25.0 Å². The number of fused-ring (bicyclic) bond motifs is 1. The smallest absolute Gasteiger partial charge is 0.0372 e. The number of anilines is 1. The molecule has 3 rings (SSSR count). The Balaban J connectivity index is 1.86. The van der Waals surface area contributed by atoms with Crippen molar-refractivity contribution in [1.29, 1.82) is 0 Å². The van der Waals surface area contributed by atoms with Gasteiger partial charge in [0.2, 0.25) is 0 Å². The fraction of sp³-hybridized carbons (Fsp3) is 0.412. The SMILES string of the molecule is CNC1CCN(c2ccc3cc(Br)ccc3c2)CC1C. The van der Waals surface area contributed by atoms with Gasteiger partial charge in [0.1, 0.15) is 0 Å². The van der Waals surface area contributed by atoms with Gasteiger partial charge in [-0.1, -0.05) is 35.0 Å². The maximum absolute atomic E-state index is 3.53. The van der Waals surface area contributed by atoms with Crippen LogP contribution in [0.25, 0.3) is 10.8 Å². The first-order chi connectivity index (χ1) is 9.67. The summed E-state index contributed by atoms with van der Waals surface area (Å²) in [5.74, 6) is 0.689. The summed E-state index contributed by atoms with van der Waals surface area (Å²) < 4.78 is 1.14. The number of hydrogen-bond donors (Lipinski definition) is 1. The van der Waals surface area contributed by atoms with E-state index >= 15 is 0 Å². The molecule has 3 heteroatoms. The first kappa shape index (κ1) is 13.9. The van der Waals surface area contributed by atoms with Crippen molar-refractivity contribution in [1.82, 2.24) is 5.32 Å². The monoisotopic (exact) mass is 332 g/mol. The summed E-state index contributed by atoms with van der Waals surface area (Å²) in [4.78, 5) is 2.51. The molecule has 2 aromatic carbocycles. The highest BCUT2D eigenvalue weighted by atomic mass is 79.9. The van der Waals surface area contributed by atoms with Crippen LogP contribution in [0.1, 0.15) is 13.3 Å². The molecule has 1 aliphatic rings. The van der Waals surface area contributed by atoms with Crippen LogP contribution >= 0.6 is 15.9 Å². The Morgan fingerprint density at radius 3 is 2.65 bits per heavy atom. The molecule has 0 aromatic heterocycles. The lowest BCUT2D eigenvalue weighted by molar-refractivity contribution is 0.339. The zero-order chi connectivity index (χ0) is 14.1. The van der Waals surface area contributed by atoms with Gasteiger partial charge in [-0.2, -0.15) is 0 Å². The van der Waals surface area contributed by atoms with E-state index in [1.165, 1.54) is 22.9 Å². The molecule has 0 spiro atoms. The Hall–Kier alpha value is -1.06. The zero-order valence-corrected chi connectivity index (χ0v) is 13.7. The number of piperidine rings is 1. The lowest BCUT2D eigenvalue weighted by atomic mass is 9.93. The molecule has 0 saturated carbocycles. The molecule has 0 aliphatic carbocycles. The molecule has 20 heavy (non-hydrogen) atoms. The van der Waals surface area contributed by atoms with E-state index in [4.69, 9.17) is 0 Å². The van der Waals surface area contributed by atoms with Crippen molar-refractivity contribution in [3.05, 3.63) is 40.9 Å². The fourth-order valence-electron chi connectivity index (χ4n) is 3.21. The number of halogens is 1. The van der Waals surface area contributed by atoms with Crippen molar-refractivity contribution in [2.24, 2.45) is 5.92 Å². The van der Waals surface area contributed by atoms with Crippen LogP contribution in [0.4, 0.5) is 5.69 Å². The molecular weight excluding hydrogens is 312 g/mol. The first-order valence-electron chi connectivity index (χ1n) is 7.29. The lowest BCUT2D eigenvalue weighted by Gasteiger charge is -2.38. The van der Waals surface area contributed by atoms with Crippen molar-refractivity contribution in [3.63, 3.8) is 0 Å². The maximum Gasteiger partial charge on any atom is 0.0372 e. The van der Waals surface area contributed by atoms with Crippen molar-refractivity contribution >= 4 is 32.4 Å². The molecule has 1 fully saturated rings. The molecule has 0 bridgehead atoms. The minimum Gasteiger partial charge on any atom is -0.371 e. The highest BCUT2D eigenvalue weighted by Crippen LogP contribution is 2.28. The lowest BCUT2D eigenvalue weighted by Crippen LogP contribution is -2.47. The Morgan fingerprint density at radius 1 is 1.15 bits per heavy atom. The van der Waals surface area contributed by atoms with E-state index in [9.17, 15) is 0 Å². The minimum absolute atomic E-state index is 0.655. The van der Waals surface area contributed by atoms with Crippen LogP contribution in [-0.2, 0) is 0 Å². The molecule has 1 heterocycles. The molecular formula is C17H21BrN2. The van der Waals surface area contributed by atoms with Crippen LogP contribution in [0.2, 0.25) is 0 Å². The number of hydrogen-bond acceptors (Lipinski definition) is 2. The molecule has 1 aliphatic heterocycles. The Bertz CT molecular complexity index is 611. The Morgan fingerprint density at radius 2 is 1.90 bits per heavy atom. The van der Waals surface area contributed by atoms with E-state index in [1.807, 2.05) is 0 Å². The molecule has 0 radical (unpaired) electrons. The topological polar surface area (TPSA) is 15.3 Å². The van der Waals surface area contributed by atoms with Gasteiger partial charge >= 0.3 is 0 Å². The van der Waals surface area contributed by atoms with Crippen molar-refractivity contribution in [3.8, 4) is 0 Å². The van der Waals surface area contributed by atoms with Gasteiger partial charge in [0, 0.05) is 29.3 Å². The van der Waals surface area contributed by atoms with Crippen LogP contribution in [-0.4, -0.2) is 26.2 Å².